The molecule has 32 heavy (non-hydrogen) atoms. The Balaban J connectivity index is 1.40. The van der Waals surface area contributed by atoms with Crippen LogP contribution in [0.15, 0.2) is 60.7 Å². The minimum atomic E-state index is -1.30. The number of hydrogen-bond acceptors (Lipinski definition) is 7. The van der Waals surface area contributed by atoms with E-state index in [1.165, 1.54) is 18.2 Å². The molecule has 0 bridgehead atoms. The zero-order valence-electron chi connectivity index (χ0n) is 17.0. The van der Waals surface area contributed by atoms with Crippen LogP contribution in [0.2, 0.25) is 0 Å². The predicted octanol–water partition coefficient (Wildman–Crippen LogP) is 2.86. The maximum Gasteiger partial charge on any atom is 0.407 e. The quantitative estimate of drug-likeness (QED) is 0.385. The first-order chi connectivity index (χ1) is 15.5. The minimum Gasteiger partial charge on any atom is -0.445 e. The molecule has 0 saturated heterocycles. The first-order valence-electron chi connectivity index (χ1n) is 10.1. The molecule has 3 aromatic rings. The van der Waals surface area contributed by atoms with Gasteiger partial charge in [0.2, 0.25) is 0 Å². The smallest absolute Gasteiger partial charge is 0.407 e. The number of alkyl carbamates (subject to hydrolysis) is 1. The summed E-state index contributed by atoms with van der Waals surface area (Å²) in [7, 11) is 0. The van der Waals surface area contributed by atoms with Crippen molar-refractivity contribution in [1.29, 1.82) is 0 Å². The van der Waals surface area contributed by atoms with E-state index in [4.69, 9.17) is 9.47 Å². The molecule has 0 radical (unpaired) electrons. The van der Waals surface area contributed by atoms with E-state index >= 15 is 0 Å². The van der Waals surface area contributed by atoms with Crippen molar-refractivity contribution in [2.24, 2.45) is 0 Å². The highest BCUT2D eigenvalue weighted by Crippen LogP contribution is 2.34. The number of amides is 1. The number of ether oxygens (including phenoxy) is 2. The topological polar surface area (TPSA) is 122 Å². The molecular formula is C24H21NO7. The van der Waals surface area contributed by atoms with Gasteiger partial charge in [-0.25, -0.2) is 14.4 Å². The summed E-state index contributed by atoms with van der Waals surface area (Å²) in [5, 5.41) is 24.6. The number of aliphatic hydroxyl groups excluding tert-OH is 2. The van der Waals surface area contributed by atoms with E-state index in [0.29, 0.717) is 16.3 Å². The highest BCUT2D eigenvalue weighted by molar-refractivity contribution is 6.21. The highest BCUT2D eigenvalue weighted by Gasteiger charge is 2.30. The zero-order valence-corrected chi connectivity index (χ0v) is 17.0. The van der Waals surface area contributed by atoms with E-state index in [1.807, 2.05) is 30.3 Å². The average Bonchev–Trinajstić information content (AvgIpc) is 2.81. The van der Waals surface area contributed by atoms with Crippen LogP contribution in [0.1, 0.15) is 44.4 Å². The summed E-state index contributed by atoms with van der Waals surface area (Å²) in [5.74, 6) is -1.50. The van der Waals surface area contributed by atoms with Crippen molar-refractivity contribution in [2.45, 2.75) is 25.2 Å². The van der Waals surface area contributed by atoms with Crippen molar-refractivity contribution in [2.75, 3.05) is 6.54 Å². The van der Waals surface area contributed by atoms with Gasteiger partial charge in [0.05, 0.1) is 17.2 Å². The molecule has 1 amide bonds. The second-order valence-corrected chi connectivity index (χ2v) is 7.40. The number of rotatable bonds is 7. The van der Waals surface area contributed by atoms with Gasteiger partial charge in [-0.3, -0.25) is 0 Å². The number of aliphatic hydroxyl groups is 2. The second-order valence-electron chi connectivity index (χ2n) is 7.40. The number of nitrogens with one attached hydrogen (secondary N) is 1. The molecule has 164 valence electrons. The molecule has 1 aliphatic heterocycles. The molecule has 0 aromatic heterocycles. The number of hydrogen-bond donors (Lipinski definition) is 3. The van der Waals surface area contributed by atoms with Gasteiger partial charge < -0.3 is 25.0 Å². The Kier molecular flexibility index (Phi) is 6.16. The summed E-state index contributed by atoms with van der Waals surface area (Å²) in [4.78, 5) is 35.9. The molecule has 1 aliphatic rings. The standard InChI is InChI=1S/C24H21NO7/c26-19(11-12-25-24(30)31-13-14-5-2-1-3-6-14)21(27)16-9-10-18-20-15(16)7-4-8-17(20)22(28)32-23(18)29/h1-10,19,21,26-27H,11-13H2,(H,25,30). The fourth-order valence-corrected chi connectivity index (χ4v) is 3.68. The van der Waals surface area contributed by atoms with Crippen LogP contribution in [0.5, 0.6) is 0 Å². The van der Waals surface area contributed by atoms with Gasteiger partial charge in [0.25, 0.3) is 0 Å². The molecule has 0 fully saturated rings. The Morgan fingerprint density at radius 1 is 0.938 bits per heavy atom. The predicted molar refractivity (Wildman–Crippen MR) is 114 cm³/mol. The van der Waals surface area contributed by atoms with E-state index in [1.54, 1.807) is 12.1 Å². The van der Waals surface area contributed by atoms with Crippen molar-refractivity contribution in [3.8, 4) is 0 Å². The van der Waals surface area contributed by atoms with E-state index < -0.39 is 30.2 Å². The van der Waals surface area contributed by atoms with Crippen molar-refractivity contribution < 1.29 is 34.1 Å². The minimum absolute atomic E-state index is 0.0610. The van der Waals surface area contributed by atoms with Crippen LogP contribution in [0.4, 0.5) is 4.79 Å². The van der Waals surface area contributed by atoms with Crippen molar-refractivity contribution in [1.82, 2.24) is 5.32 Å². The third-order valence-electron chi connectivity index (χ3n) is 5.30. The van der Waals surface area contributed by atoms with Crippen LogP contribution >= 0.6 is 0 Å². The summed E-state index contributed by atoms with van der Waals surface area (Å²) >= 11 is 0. The number of benzene rings is 3. The molecule has 0 saturated carbocycles. The van der Waals surface area contributed by atoms with Crippen LogP contribution in [0, 0.1) is 0 Å². The van der Waals surface area contributed by atoms with Crippen molar-refractivity contribution in [3.63, 3.8) is 0 Å². The molecule has 0 aliphatic carbocycles. The van der Waals surface area contributed by atoms with Crippen molar-refractivity contribution >= 4 is 28.8 Å². The first kappa shape index (κ1) is 21.5. The van der Waals surface area contributed by atoms with Crippen LogP contribution in [-0.2, 0) is 16.1 Å². The van der Waals surface area contributed by atoms with Gasteiger partial charge in [-0.05, 0) is 35.1 Å². The Morgan fingerprint density at radius 2 is 1.66 bits per heavy atom. The van der Waals surface area contributed by atoms with Gasteiger partial charge in [-0.1, -0.05) is 48.5 Å². The summed E-state index contributed by atoms with van der Waals surface area (Å²) in [6.45, 7) is 0.206. The van der Waals surface area contributed by atoms with E-state index in [0.717, 1.165) is 5.56 Å². The van der Waals surface area contributed by atoms with Gasteiger partial charge in [0.15, 0.2) is 0 Å². The van der Waals surface area contributed by atoms with Crippen LogP contribution in [0.25, 0.3) is 10.8 Å². The fourth-order valence-electron chi connectivity index (χ4n) is 3.68. The van der Waals surface area contributed by atoms with E-state index in [2.05, 4.69) is 5.32 Å². The van der Waals surface area contributed by atoms with E-state index in [-0.39, 0.29) is 30.7 Å². The summed E-state index contributed by atoms with van der Waals surface area (Å²) in [6.07, 6.45) is -3.07. The largest absolute Gasteiger partial charge is 0.445 e. The average molecular weight is 435 g/mol. The molecule has 1 heterocycles. The number of cyclic esters (lactones) is 2. The van der Waals surface area contributed by atoms with Gasteiger partial charge in [0.1, 0.15) is 12.7 Å². The van der Waals surface area contributed by atoms with Gasteiger partial charge >= 0.3 is 18.0 Å². The summed E-state index contributed by atoms with van der Waals surface area (Å²) < 4.78 is 9.84. The van der Waals surface area contributed by atoms with Crippen LogP contribution in [-0.4, -0.2) is 40.9 Å². The van der Waals surface area contributed by atoms with Gasteiger partial charge in [0, 0.05) is 11.9 Å². The third-order valence-corrected chi connectivity index (χ3v) is 5.30. The van der Waals surface area contributed by atoms with E-state index in [9.17, 15) is 24.6 Å². The Labute approximate surface area is 183 Å². The normalized spacial score (nSPS) is 14.6. The lowest BCUT2D eigenvalue weighted by Crippen LogP contribution is -2.30. The molecule has 8 nitrogen and oxygen atoms in total. The Morgan fingerprint density at radius 3 is 2.41 bits per heavy atom. The molecule has 2 atom stereocenters. The van der Waals surface area contributed by atoms with Crippen LogP contribution in [0.3, 0.4) is 0 Å². The maximum atomic E-state index is 12.0. The second kappa shape index (κ2) is 9.17. The summed E-state index contributed by atoms with van der Waals surface area (Å²) in [5.41, 5.74) is 1.67. The monoisotopic (exact) mass is 435 g/mol. The maximum absolute atomic E-state index is 12.0. The molecule has 8 heteroatoms. The highest BCUT2D eigenvalue weighted by atomic mass is 16.6. The molecule has 4 rings (SSSR count). The molecule has 2 unspecified atom stereocenters. The van der Waals surface area contributed by atoms with Gasteiger partial charge in [-0.2, -0.15) is 0 Å². The molecular weight excluding hydrogens is 414 g/mol. The lowest BCUT2D eigenvalue weighted by atomic mass is 9.90. The number of carbonyl (C=O) groups is 3. The number of carbonyl (C=O) groups excluding carboxylic acids is 3. The Bertz CT molecular complexity index is 1160. The first-order valence-corrected chi connectivity index (χ1v) is 10.1. The SMILES string of the molecule is O=C(NCCC(O)C(O)c1ccc2c3c(cccc13)C(=O)OC2=O)OCc1ccccc1. The third kappa shape index (κ3) is 4.32. The lowest BCUT2D eigenvalue weighted by molar-refractivity contribution is 0.0144. The molecule has 3 N–H and O–H groups in total. The fraction of sp³-hybridized carbons (Fsp3) is 0.208. The molecule has 3 aromatic carbocycles. The van der Waals surface area contributed by atoms with Crippen molar-refractivity contribution in [3.05, 3.63) is 82.9 Å². The van der Waals surface area contributed by atoms with Crippen LogP contribution < -0.4 is 5.32 Å². The molecule has 0 spiro atoms. The Hall–Kier alpha value is -3.75. The number of esters is 2. The zero-order chi connectivity index (χ0) is 22.7. The van der Waals surface area contributed by atoms with Gasteiger partial charge in [-0.15, -0.1) is 0 Å². The summed E-state index contributed by atoms with van der Waals surface area (Å²) in [6, 6.07) is 17.0. The lowest BCUT2D eigenvalue weighted by Gasteiger charge is -2.22.